The van der Waals surface area contributed by atoms with Gasteiger partial charge < -0.3 is 0 Å². The molecule has 0 N–H and O–H groups in total. The molecular formula is C14H17F2NO2S2. The van der Waals surface area contributed by atoms with E-state index < -0.39 is 21.7 Å². The summed E-state index contributed by atoms with van der Waals surface area (Å²) in [6.45, 7) is 0.837. The van der Waals surface area contributed by atoms with Crippen molar-refractivity contribution in [3.8, 4) is 0 Å². The van der Waals surface area contributed by atoms with E-state index in [9.17, 15) is 17.2 Å². The lowest BCUT2D eigenvalue weighted by Gasteiger charge is -2.19. The average Bonchev–Trinajstić information content (AvgIpc) is 3.27. The second-order valence-electron chi connectivity index (χ2n) is 5.46. The Morgan fingerprint density at radius 3 is 2.62 bits per heavy atom. The second kappa shape index (κ2) is 5.85. The van der Waals surface area contributed by atoms with Crippen molar-refractivity contribution in [2.75, 3.05) is 18.8 Å². The van der Waals surface area contributed by atoms with E-state index >= 15 is 0 Å². The standard InChI is InChI=1S/C14H17F2NO2S2/c15-10-1-4-13(16)12(9-10)14-5-6-17(7-8-20-14)21(18,19)11-2-3-11/h1,4,9,11,14H,2-3,5-8H2/t14-/m1/s1. The van der Waals surface area contributed by atoms with Crippen molar-refractivity contribution in [2.45, 2.75) is 29.8 Å². The van der Waals surface area contributed by atoms with E-state index in [4.69, 9.17) is 0 Å². The summed E-state index contributed by atoms with van der Waals surface area (Å²) in [4.78, 5) is 0. The summed E-state index contributed by atoms with van der Waals surface area (Å²) in [6.07, 6.45) is 2.00. The van der Waals surface area contributed by atoms with Crippen LogP contribution in [0.1, 0.15) is 30.1 Å². The highest BCUT2D eigenvalue weighted by atomic mass is 32.2. The minimum atomic E-state index is -3.18. The van der Waals surface area contributed by atoms with Gasteiger partial charge >= 0.3 is 0 Å². The molecule has 1 aromatic rings. The van der Waals surface area contributed by atoms with Crippen LogP contribution in [-0.2, 0) is 10.0 Å². The molecule has 2 fully saturated rings. The van der Waals surface area contributed by atoms with Crippen LogP contribution >= 0.6 is 11.8 Å². The molecule has 2 aliphatic rings. The van der Waals surface area contributed by atoms with Crippen LogP contribution in [0.4, 0.5) is 8.78 Å². The third-order valence-corrected chi connectivity index (χ3v) is 7.62. The molecular weight excluding hydrogens is 316 g/mol. The number of hydrogen-bond donors (Lipinski definition) is 0. The summed E-state index contributed by atoms with van der Waals surface area (Å²) in [5.74, 6) is -0.279. The van der Waals surface area contributed by atoms with Crippen LogP contribution in [0, 0.1) is 11.6 Å². The zero-order valence-electron chi connectivity index (χ0n) is 11.5. The minimum absolute atomic E-state index is 0.194. The van der Waals surface area contributed by atoms with Crippen molar-refractivity contribution >= 4 is 21.8 Å². The lowest BCUT2D eigenvalue weighted by Crippen LogP contribution is -2.35. The van der Waals surface area contributed by atoms with E-state index in [1.807, 2.05) is 0 Å². The molecule has 1 aliphatic heterocycles. The van der Waals surface area contributed by atoms with Crippen molar-refractivity contribution in [2.24, 2.45) is 0 Å². The maximum Gasteiger partial charge on any atom is 0.217 e. The molecule has 1 atom stereocenters. The first-order chi connectivity index (χ1) is 9.98. The molecule has 1 heterocycles. The van der Waals surface area contributed by atoms with Crippen molar-refractivity contribution in [3.05, 3.63) is 35.4 Å². The van der Waals surface area contributed by atoms with Gasteiger partial charge in [0.15, 0.2) is 0 Å². The van der Waals surface area contributed by atoms with Gasteiger partial charge in [-0.25, -0.2) is 21.5 Å². The molecule has 0 spiro atoms. The normalized spacial score (nSPS) is 24.8. The van der Waals surface area contributed by atoms with Gasteiger partial charge in [0.1, 0.15) is 11.6 Å². The van der Waals surface area contributed by atoms with Gasteiger partial charge in [0, 0.05) is 29.7 Å². The Morgan fingerprint density at radius 2 is 1.90 bits per heavy atom. The fraction of sp³-hybridized carbons (Fsp3) is 0.571. The highest BCUT2D eigenvalue weighted by molar-refractivity contribution is 7.99. The predicted octanol–water partition coefficient (Wildman–Crippen LogP) is 2.94. The van der Waals surface area contributed by atoms with Crippen LogP contribution < -0.4 is 0 Å². The molecule has 1 aromatic carbocycles. The second-order valence-corrected chi connectivity index (χ2v) is 8.98. The topological polar surface area (TPSA) is 37.4 Å². The number of sulfonamides is 1. The van der Waals surface area contributed by atoms with Gasteiger partial charge in [0.2, 0.25) is 10.0 Å². The Hall–Kier alpha value is -0.660. The third kappa shape index (κ3) is 3.24. The Bertz CT molecular complexity index is 632. The summed E-state index contributed by atoms with van der Waals surface area (Å²) in [5, 5.41) is -0.412. The molecule has 3 nitrogen and oxygen atoms in total. The maximum absolute atomic E-state index is 13.8. The Labute approximate surface area is 127 Å². The monoisotopic (exact) mass is 333 g/mol. The highest BCUT2D eigenvalue weighted by Gasteiger charge is 2.40. The van der Waals surface area contributed by atoms with Gasteiger partial charge in [-0.2, -0.15) is 11.8 Å². The molecule has 0 unspecified atom stereocenters. The third-order valence-electron chi connectivity index (χ3n) is 3.91. The van der Waals surface area contributed by atoms with Crippen molar-refractivity contribution in [1.82, 2.24) is 4.31 Å². The molecule has 1 aliphatic carbocycles. The lowest BCUT2D eigenvalue weighted by atomic mass is 10.1. The van der Waals surface area contributed by atoms with Gasteiger partial charge in [-0.05, 0) is 37.5 Å². The van der Waals surface area contributed by atoms with Crippen molar-refractivity contribution in [3.63, 3.8) is 0 Å². The van der Waals surface area contributed by atoms with Crippen molar-refractivity contribution in [1.29, 1.82) is 0 Å². The van der Waals surface area contributed by atoms with E-state index in [0.29, 0.717) is 30.8 Å². The predicted molar refractivity (Wildman–Crippen MR) is 79.7 cm³/mol. The molecule has 0 amide bonds. The van der Waals surface area contributed by atoms with Gasteiger partial charge in [0.05, 0.1) is 5.25 Å². The molecule has 0 radical (unpaired) electrons. The number of nitrogens with zero attached hydrogens (tertiary/aromatic N) is 1. The number of rotatable bonds is 3. The van der Waals surface area contributed by atoms with Gasteiger partial charge in [-0.3, -0.25) is 0 Å². The molecule has 1 saturated heterocycles. The Kier molecular flexibility index (Phi) is 4.25. The van der Waals surface area contributed by atoms with Crippen LogP contribution in [-0.4, -0.2) is 36.8 Å². The summed E-state index contributed by atoms with van der Waals surface area (Å²) >= 11 is 1.50. The maximum atomic E-state index is 13.8. The first-order valence-electron chi connectivity index (χ1n) is 7.04. The summed E-state index contributed by atoms with van der Waals surface area (Å²) in [7, 11) is -3.18. The Morgan fingerprint density at radius 1 is 1.14 bits per heavy atom. The molecule has 0 bridgehead atoms. The molecule has 7 heteroatoms. The largest absolute Gasteiger partial charge is 0.217 e. The summed E-state index contributed by atoms with van der Waals surface area (Å²) in [6, 6.07) is 3.46. The first kappa shape index (κ1) is 15.2. The number of benzene rings is 1. The average molecular weight is 333 g/mol. The van der Waals surface area contributed by atoms with Crippen LogP contribution in [0.3, 0.4) is 0 Å². The van der Waals surface area contributed by atoms with Crippen LogP contribution in [0.5, 0.6) is 0 Å². The van der Waals surface area contributed by atoms with Gasteiger partial charge in [-0.1, -0.05) is 0 Å². The zero-order chi connectivity index (χ0) is 15.0. The number of halogens is 2. The molecule has 1 saturated carbocycles. The fourth-order valence-electron chi connectivity index (χ4n) is 2.59. The van der Waals surface area contributed by atoms with E-state index in [-0.39, 0.29) is 10.5 Å². The number of thioether (sulfide) groups is 1. The van der Waals surface area contributed by atoms with Crippen LogP contribution in [0.15, 0.2) is 18.2 Å². The van der Waals surface area contributed by atoms with E-state index in [1.54, 1.807) is 0 Å². The quantitative estimate of drug-likeness (QED) is 0.853. The smallest absolute Gasteiger partial charge is 0.212 e. The Balaban J connectivity index is 1.75. The summed E-state index contributed by atoms with van der Waals surface area (Å²) in [5.41, 5.74) is 0.339. The van der Waals surface area contributed by atoms with Gasteiger partial charge in [-0.15, -0.1) is 0 Å². The fourth-order valence-corrected chi connectivity index (χ4v) is 5.81. The summed E-state index contributed by atoms with van der Waals surface area (Å²) < 4.78 is 53.2. The van der Waals surface area contributed by atoms with Crippen molar-refractivity contribution < 1.29 is 17.2 Å². The van der Waals surface area contributed by atoms with Crippen LogP contribution in [0.2, 0.25) is 0 Å². The highest BCUT2D eigenvalue weighted by Crippen LogP contribution is 2.38. The minimum Gasteiger partial charge on any atom is -0.212 e. The lowest BCUT2D eigenvalue weighted by molar-refractivity contribution is 0.425. The zero-order valence-corrected chi connectivity index (χ0v) is 13.1. The molecule has 116 valence electrons. The van der Waals surface area contributed by atoms with E-state index in [2.05, 4.69) is 0 Å². The van der Waals surface area contributed by atoms with Crippen LogP contribution in [0.25, 0.3) is 0 Å². The first-order valence-corrected chi connectivity index (χ1v) is 9.59. The molecule has 3 rings (SSSR count). The van der Waals surface area contributed by atoms with E-state index in [1.165, 1.54) is 22.1 Å². The molecule has 21 heavy (non-hydrogen) atoms. The number of hydrogen-bond acceptors (Lipinski definition) is 3. The van der Waals surface area contributed by atoms with Gasteiger partial charge in [0.25, 0.3) is 0 Å². The van der Waals surface area contributed by atoms with E-state index in [0.717, 1.165) is 25.0 Å². The molecule has 0 aromatic heterocycles. The SMILES string of the molecule is O=S(=O)(C1CC1)N1CCS[C@@H](c2cc(F)ccc2F)CC1.